The third-order valence-corrected chi connectivity index (χ3v) is 2.51. The van der Waals surface area contributed by atoms with Crippen molar-refractivity contribution in [3.05, 3.63) is 34.9 Å². The van der Waals surface area contributed by atoms with Crippen LogP contribution in [0.25, 0.3) is 0 Å². The van der Waals surface area contributed by atoms with Gasteiger partial charge in [0.2, 0.25) is 0 Å². The Hall–Kier alpha value is -1.26. The molecule has 0 saturated carbocycles. The average molecular weight is 216 g/mol. The second kappa shape index (κ2) is 5.18. The Morgan fingerprint density at radius 2 is 1.88 bits per heavy atom. The van der Waals surface area contributed by atoms with Gasteiger partial charge in [-0.2, -0.15) is 0 Å². The van der Waals surface area contributed by atoms with Crippen molar-refractivity contribution in [2.24, 2.45) is 0 Å². The van der Waals surface area contributed by atoms with Crippen molar-refractivity contribution in [1.29, 1.82) is 0 Å². The zero-order chi connectivity index (χ0) is 12.2. The van der Waals surface area contributed by atoms with Crippen LogP contribution in [-0.4, -0.2) is 10.7 Å². The first-order valence-corrected chi connectivity index (χ1v) is 5.84. The van der Waals surface area contributed by atoms with Gasteiger partial charge in [0.15, 0.2) is 0 Å². The summed E-state index contributed by atoms with van der Waals surface area (Å²) in [4.78, 5) is 0. The molecular formula is C15H20O. The van der Waals surface area contributed by atoms with E-state index in [4.69, 9.17) is 0 Å². The first-order chi connectivity index (χ1) is 7.48. The molecule has 0 fully saturated rings. The van der Waals surface area contributed by atoms with Crippen LogP contribution >= 0.6 is 0 Å². The summed E-state index contributed by atoms with van der Waals surface area (Å²) in [5, 5.41) is 9.60. The fourth-order valence-corrected chi connectivity index (χ4v) is 1.72. The topological polar surface area (TPSA) is 20.2 Å². The molecule has 0 atom stereocenters. The van der Waals surface area contributed by atoms with E-state index in [1.807, 2.05) is 12.1 Å². The van der Waals surface area contributed by atoms with Gasteiger partial charge in [-0.3, -0.25) is 0 Å². The molecule has 0 bridgehead atoms. The van der Waals surface area contributed by atoms with Gasteiger partial charge >= 0.3 is 0 Å². The molecule has 0 unspecified atom stereocenters. The summed E-state index contributed by atoms with van der Waals surface area (Å²) in [5.41, 5.74) is 2.78. The molecule has 1 aromatic carbocycles. The highest BCUT2D eigenvalue weighted by molar-refractivity contribution is 5.46. The Kier molecular flexibility index (Phi) is 4.15. The second-order valence-electron chi connectivity index (χ2n) is 4.46. The van der Waals surface area contributed by atoms with Crippen LogP contribution in [0.1, 0.15) is 44.4 Å². The number of aliphatic hydroxyl groups is 1. The van der Waals surface area contributed by atoms with Crippen molar-refractivity contribution in [3.63, 3.8) is 0 Å². The van der Waals surface area contributed by atoms with Crippen LogP contribution in [0.4, 0.5) is 0 Å². The lowest BCUT2D eigenvalue weighted by molar-refractivity contribution is 0.143. The van der Waals surface area contributed by atoms with E-state index in [2.05, 4.69) is 31.8 Å². The Balaban J connectivity index is 3.17. The molecule has 0 radical (unpaired) electrons. The number of hydrogen-bond acceptors (Lipinski definition) is 1. The maximum atomic E-state index is 9.60. The van der Waals surface area contributed by atoms with Crippen LogP contribution in [0.5, 0.6) is 0 Å². The maximum Gasteiger partial charge on any atom is 0.120 e. The molecule has 1 heteroatoms. The molecular weight excluding hydrogens is 196 g/mol. The number of hydrogen-bond donors (Lipinski definition) is 1. The number of aryl methyl sites for hydroxylation is 1. The highest BCUT2D eigenvalue weighted by Gasteiger charge is 2.07. The molecule has 0 amide bonds. The van der Waals surface area contributed by atoms with Crippen LogP contribution in [0.3, 0.4) is 0 Å². The number of rotatable bonds is 2. The summed E-state index contributed by atoms with van der Waals surface area (Å²) in [6, 6.07) is 6.21. The third-order valence-electron chi connectivity index (χ3n) is 2.51. The summed E-state index contributed by atoms with van der Waals surface area (Å²) in [6.45, 7) is 7.70. The zero-order valence-corrected chi connectivity index (χ0v) is 10.6. The number of benzene rings is 1. The van der Waals surface area contributed by atoms with Crippen LogP contribution in [0, 0.1) is 11.8 Å². The minimum Gasteiger partial charge on any atom is -0.378 e. The molecule has 0 spiro atoms. The minimum atomic E-state index is -0.923. The van der Waals surface area contributed by atoms with Gasteiger partial charge in [-0.15, -0.1) is 0 Å². The summed E-state index contributed by atoms with van der Waals surface area (Å²) in [6.07, 6.45) is 2.01. The molecule has 86 valence electrons. The molecule has 1 nitrogen and oxygen atoms in total. The normalized spacial score (nSPS) is 10.8. The molecule has 0 saturated heterocycles. The molecule has 0 aliphatic heterocycles. The lowest BCUT2D eigenvalue weighted by Gasteiger charge is -2.09. The Morgan fingerprint density at radius 3 is 2.38 bits per heavy atom. The highest BCUT2D eigenvalue weighted by Crippen LogP contribution is 2.16. The van der Waals surface area contributed by atoms with Crippen LogP contribution in [0.2, 0.25) is 0 Å². The Labute approximate surface area is 98.5 Å². The second-order valence-corrected chi connectivity index (χ2v) is 4.46. The first-order valence-electron chi connectivity index (χ1n) is 5.84. The highest BCUT2D eigenvalue weighted by atomic mass is 16.3. The van der Waals surface area contributed by atoms with E-state index in [-0.39, 0.29) is 0 Å². The lowest BCUT2D eigenvalue weighted by atomic mass is 9.97. The summed E-state index contributed by atoms with van der Waals surface area (Å²) < 4.78 is 0. The summed E-state index contributed by atoms with van der Waals surface area (Å²) in [7, 11) is 0. The fraction of sp³-hybridized carbons (Fsp3) is 0.467. The van der Waals surface area contributed by atoms with Gasteiger partial charge in [-0.05, 0) is 43.9 Å². The van der Waals surface area contributed by atoms with Crippen molar-refractivity contribution < 1.29 is 5.11 Å². The summed E-state index contributed by atoms with van der Waals surface area (Å²) in [5.74, 6) is 5.95. The molecule has 0 aliphatic rings. The van der Waals surface area contributed by atoms with E-state index in [9.17, 15) is 5.11 Å². The van der Waals surface area contributed by atoms with E-state index in [0.717, 1.165) is 18.4 Å². The molecule has 0 heterocycles. The SMILES string of the molecule is CCc1cccc(C#CC(C)(C)O)c1CC. The minimum absolute atomic E-state index is 0.923. The van der Waals surface area contributed by atoms with Gasteiger partial charge in [-0.25, -0.2) is 0 Å². The maximum absolute atomic E-state index is 9.60. The van der Waals surface area contributed by atoms with Crippen molar-refractivity contribution in [2.75, 3.05) is 0 Å². The summed E-state index contributed by atoms with van der Waals surface area (Å²) >= 11 is 0. The van der Waals surface area contributed by atoms with Crippen molar-refractivity contribution >= 4 is 0 Å². The lowest BCUT2D eigenvalue weighted by Crippen LogP contribution is -2.14. The first kappa shape index (κ1) is 12.8. The van der Waals surface area contributed by atoms with Crippen LogP contribution in [-0.2, 0) is 12.8 Å². The van der Waals surface area contributed by atoms with Crippen molar-refractivity contribution in [3.8, 4) is 11.8 Å². The van der Waals surface area contributed by atoms with Gasteiger partial charge in [0, 0.05) is 5.56 Å². The van der Waals surface area contributed by atoms with E-state index in [0.29, 0.717) is 0 Å². The van der Waals surface area contributed by atoms with Crippen molar-refractivity contribution in [1.82, 2.24) is 0 Å². The fourth-order valence-electron chi connectivity index (χ4n) is 1.72. The Morgan fingerprint density at radius 1 is 1.19 bits per heavy atom. The monoisotopic (exact) mass is 216 g/mol. The predicted octanol–water partition coefficient (Wildman–Crippen LogP) is 2.93. The largest absolute Gasteiger partial charge is 0.378 e. The average Bonchev–Trinajstić information content (AvgIpc) is 2.24. The Bertz CT molecular complexity index is 413. The van der Waals surface area contributed by atoms with E-state index in [1.54, 1.807) is 13.8 Å². The van der Waals surface area contributed by atoms with E-state index >= 15 is 0 Å². The predicted molar refractivity (Wildman–Crippen MR) is 68.4 cm³/mol. The molecule has 16 heavy (non-hydrogen) atoms. The standard InChI is InChI=1S/C15H20O/c1-5-12-8-7-9-13(14(12)6-2)10-11-15(3,4)16/h7-9,16H,5-6H2,1-4H3. The van der Waals surface area contributed by atoms with Gasteiger partial charge < -0.3 is 5.11 Å². The molecule has 0 aromatic heterocycles. The smallest absolute Gasteiger partial charge is 0.120 e. The van der Waals surface area contributed by atoms with Crippen LogP contribution in [0.15, 0.2) is 18.2 Å². The van der Waals surface area contributed by atoms with E-state index in [1.165, 1.54) is 11.1 Å². The molecule has 0 aliphatic carbocycles. The van der Waals surface area contributed by atoms with Crippen LogP contribution < -0.4 is 0 Å². The quantitative estimate of drug-likeness (QED) is 0.754. The van der Waals surface area contributed by atoms with Gasteiger partial charge in [-0.1, -0.05) is 37.8 Å². The third kappa shape index (κ3) is 3.40. The van der Waals surface area contributed by atoms with E-state index < -0.39 is 5.60 Å². The molecule has 1 rings (SSSR count). The van der Waals surface area contributed by atoms with Gasteiger partial charge in [0.1, 0.15) is 5.60 Å². The zero-order valence-electron chi connectivity index (χ0n) is 10.6. The van der Waals surface area contributed by atoms with Gasteiger partial charge in [0.25, 0.3) is 0 Å². The molecule has 1 N–H and O–H groups in total. The van der Waals surface area contributed by atoms with Crippen molar-refractivity contribution in [2.45, 2.75) is 46.1 Å². The molecule has 1 aromatic rings. The van der Waals surface area contributed by atoms with Gasteiger partial charge in [0.05, 0.1) is 0 Å².